The van der Waals surface area contributed by atoms with Crippen molar-refractivity contribution in [1.29, 1.82) is 0 Å². The molecule has 0 aliphatic rings. The molecule has 3 atom stereocenters. The number of nitrogens with one attached hydrogen (secondary N) is 2. The minimum absolute atomic E-state index is 0.184. The second-order valence-electron chi connectivity index (χ2n) is 8.14. The third-order valence-corrected chi connectivity index (χ3v) is 5.32. The number of rotatable bonds is 12. The lowest BCUT2D eigenvalue weighted by molar-refractivity contribution is -0.129. The zero-order valence-electron chi connectivity index (χ0n) is 19.2. The molecule has 0 heterocycles. The van der Waals surface area contributed by atoms with Crippen LogP contribution in [0, 0.1) is 5.92 Å². The Morgan fingerprint density at radius 2 is 1.55 bits per heavy atom. The first kappa shape index (κ1) is 24.4. The van der Waals surface area contributed by atoms with Gasteiger partial charge in [-0.1, -0.05) is 69.7 Å². The van der Waals surface area contributed by atoms with E-state index in [1.165, 1.54) is 0 Å². The molecule has 2 aromatic carbocycles. The van der Waals surface area contributed by atoms with Gasteiger partial charge in [0.2, 0.25) is 11.8 Å². The second kappa shape index (κ2) is 12.8. The van der Waals surface area contributed by atoms with E-state index in [1.807, 2.05) is 68.4 Å². The zero-order valence-corrected chi connectivity index (χ0v) is 19.2. The van der Waals surface area contributed by atoms with Gasteiger partial charge in [0.1, 0.15) is 11.8 Å². The molecule has 0 aromatic heterocycles. The molecular formula is C26H36N2O3. The number of carbonyl (C=O) groups excluding carboxylic acids is 2. The molecule has 2 aromatic rings. The van der Waals surface area contributed by atoms with Gasteiger partial charge >= 0.3 is 0 Å². The van der Waals surface area contributed by atoms with Gasteiger partial charge in [-0.15, -0.1) is 0 Å². The molecule has 2 N–H and O–H groups in total. The van der Waals surface area contributed by atoms with Crippen molar-refractivity contribution in [3.05, 3.63) is 65.7 Å². The summed E-state index contributed by atoms with van der Waals surface area (Å²) in [7, 11) is 0. The molecule has 5 nitrogen and oxygen atoms in total. The van der Waals surface area contributed by atoms with E-state index in [0.717, 1.165) is 36.1 Å². The number of hydrogen-bond acceptors (Lipinski definition) is 3. The van der Waals surface area contributed by atoms with Gasteiger partial charge in [-0.05, 0) is 48.9 Å². The number of ether oxygens (including phenoxy) is 1. The maximum atomic E-state index is 12.9. The average molecular weight is 425 g/mol. The molecule has 168 valence electrons. The molecule has 1 unspecified atom stereocenters. The summed E-state index contributed by atoms with van der Waals surface area (Å²) in [5, 5.41) is 5.83. The number of amides is 2. The highest BCUT2D eigenvalue weighted by Crippen LogP contribution is 2.22. The van der Waals surface area contributed by atoms with E-state index in [1.54, 1.807) is 0 Å². The van der Waals surface area contributed by atoms with Gasteiger partial charge in [0, 0.05) is 6.54 Å². The van der Waals surface area contributed by atoms with Crippen molar-refractivity contribution in [2.24, 2.45) is 5.92 Å². The monoisotopic (exact) mass is 424 g/mol. The predicted molar refractivity (Wildman–Crippen MR) is 125 cm³/mol. The van der Waals surface area contributed by atoms with Gasteiger partial charge in [-0.25, -0.2) is 0 Å². The lowest BCUT2D eigenvalue weighted by Gasteiger charge is -2.22. The molecule has 0 spiro atoms. The van der Waals surface area contributed by atoms with Crippen molar-refractivity contribution in [3.8, 4) is 5.75 Å². The first-order valence-corrected chi connectivity index (χ1v) is 11.3. The highest BCUT2D eigenvalue weighted by Gasteiger charge is 2.25. The lowest BCUT2D eigenvalue weighted by atomic mass is 9.99. The average Bonchev–Trinajstić information content (AvgIpc) is 2.80. The minimum Gasteiger partial charge on any atom is -0.493 e. The Balaban J connectivity index is 2.12. The molecular weight excluding hydrogens is 388 g/mol. The highest BCUT2D eigenvalue weighted by molar-refractivity contribution is 5.91. The van der Waals surface area contributed by atoms with Crippen LogP contribution < -0.4 is 15.4 Å². The van der Waals surface area contributed by atoms with Crippen LogP contribution in [0.25, 0.3) is 0 Å². The lowest BCUT2D eigenvalue weighted by Crippen LogP contribution is -2.42. The summed E-state index contributed by atoms with van der Waals surface area (Å²) in [5.74, 6) is 0.516. The van der Waals surface area contributed by atoms with Gasteiger partial charge in [0.05, 0.1) is 12.5 Å². The largest absolute Gasteiger partial charge is 0.493 e. The quantitative estimate of drug-likeness (QED) is 0.504. The van der Waals surface area contributed by atoms with Crippen LogP contribution in [0.3, 0.4) is 0 Å². The molecule has 31 heavy (non-hydrogen) atoms. The van der Waals surface area contributed by atoms with E-state index < -0.39 is 6.04 Å². The Labute approximate surface area is 186 Å². The summed E-state index contributed by atoms with van der Waals surface area (Å²) in [6, 6.07) is 16.2. The molecule has 0 aliphatic heterocycles. The topological polar surface area (TPSA) is 67.4 Å². The van der Waals surface area contributed by atoms with Crippen LogP contribution in [0.1, 0.15) is 70.0 Å². The van der Waals surface area contributed by atoms with Crippen LogP contribution >= 0.6 is 0 Å². The SMILES string of the molecule is CCCNC(=O)[C@H](NC(=O)[C@@H](C)c1ccccc1)c1ccc(OCC(C)CCC)cc1. The van der Waals surface area contributed by atoms with Crippen LogP contribution in [-0.4, -0.2) is 25.0 Å². The maximum absolute atomic E-state index is 12.9. The van der Waals surface area contributed by atoms with Crippen molar-refractivity contribution in [2.75, 3.05) is 13.2 Å². The van der Waals surface area contributed by atoms with E-state index in [4.69, 9.17) is 4.74 Å². The van der Waals surface area contributed by atoms with Crippen LogP contribution in [-0.2, 0) is 9.59 Å². The van der Waals surface area contributed by atoms with E-state index in [0.29, 0.717) is 19.1 Å². The van der Waals surface area contributed by atoms with E-state index in [2.05, 4.69) is 24.5 Å². The summed E-state index contributed by atoms with van der Waals surface area (Å²) in [5.41, 5.74) is 1.65. The summed E-state index contributed by atoms with van der Waals surface area (Å²) >= 11 is 0. The molecule has 0 aliphatic carbocycles. The third kappa shape index (κ3) is 7.74. The Kier molecular flexibility index (Phi) is 10.1. The smallest absolute Gasteiger partial charge is 0.247 e. The number of carbonyl (C=O) groups is 2. The van der Waals surface area contributed by atoms with E-state index >= 15 is 0 Å². The van der Waals surface area contributed by atoms with Crippen LogP contribution in [0.2, 0.25) is 0 Å². The van der Waals surface area contributed by atoms with Gasteiger partial charge in [-0.2, -0.15) is 0 Å². The third-order valence-electron chi connectivity index (χ3n) is 5.32. The van der Waals surface area contributed by atoms with Crippen molar-refractivity contribution in [2.45, 2.75) is 58.9 Å². The molecule has 0 radical (unpaired) electrons. The van der Waals surface area contributed by atoms with Gasteiger partial charge in [-0.3, -0.25) is 9.59 Å². The fourth-order valence-corrected chi connectivity index (χ4v) is 3.38. The second-order valence-corrected chi connectivity index (χ2v) is 8.14. The summed E-state index contributed by atoms with van der Waals surface area (Å²) in [6.45, 7) is 9.42. The highest BCUT2D eigenvalue weighted by atomic mass is 16.5. The minimum atomic E-state index is -0.752. The van der Waals surface area contributed by atoms with Crippen molar-refractivity contribution in [3.63, 3.8) is 0 Å². The van der Waals surface area contributed by atoms with Crippen LogP contribution in [0.15, 0.2) is 54.6 Å². The molecule has 0 bridgehead atoms. The van der Waals surface area contributed by atoms with Gasteiger partial charge in [0.25, 0.3) is 0 Å². The molecule has 0 fully saturated rings. The van der Waals surface area contributed by atoms with E-state index in [-0.39, 0.29) is 17.7 Å². The Morgan fingerprint density at radius 3 is 2.16 bits per heavy atom. The molecule has 2 amide bonds. The maximum Gasteiger partial charge on any atom is 0.247 e. The molecule has 0 saturated heterocycles. The van der Waals surface area contributed by atoms with Crippen molar-refractivity contribution >= 4 is 11.8 Å². The Hall–Kier alpha value is -2.82. The fraction of sp³-hybridized carbons (Fsp3) is 0.462. The summed E-state index contributed by atoms with van der Waals surface area (Å²) in [4.78, 5) is 25.7. The standard InChI is InChI=1S/C26H36N2O3/c1-5-10-19(3)18-31-23-15-13-22(14-16-23)24(26(30)27-17-6-2)28-25(29)20(4)21-11-8-7-9-12-21/h7-9,11-16,19-20,24H,5-6,10,17-18H2,1-4H3,(H,27,30)(H,28,29)/t19?,20-,24+/m0/s1. The first-order chi connectivity index (χ1) is 15.0. The van der Waals surface area contributed by atoms with Crippen LogP contribution in [0.4, 0.5) is 0 Å². The van der Waals surface area contributed by atoms with Crippen molar-refractivity contribution < 1.29 is 14.3 Å². The fourth-order valence-electron chi connectivity index (χ4n) is 3.38. The Bertz CT molecular complexity index is 805. The molecule has 2 rings (SSSR count). The summed E-state index contributed by atoms with van der Waals surface area (Å²) < 4.78 is 5.87. The molecule has 5 heteroatoms. The molecule has 0 saturated carbocycles. The van der Waals surface area contributed by atoms with Crippen LogP contribution in [0.5, 0.6) is 5.75 Å². The first-order valence-electron chi connectivity index (χ1n) is 11.3. The summed E-state index contributed by atoms with van der Waals surface area (Å²) in [6.07, 6.45) is 3.10. The van der Waals surface area contributed by atoms with Gasteiger partial charge in [0.15, 0.2) is 0 Å². The predicted octanol–water partition coefficient (Wildman–Crippen LogP) is 4.99. The van der Waals surface area contributed by atoms with E-state index in [9.17, 15) is 9.59 Å². The zero-order chi connectivity index (χ0) is 22.6. The number of hydrogen-bond donors (Lipinski definition) is 2. The number of benzene rings is 2. The Morgan fingerprint density at radius 1 is 0.871 bits per heavy atom. The normalized spacial score (nSPS) is 13.7. The van der Waals surface area contributed by atoms with Crippen molar-refractivity contribution in [1.82, 2.24) is 10.6 Å². The van der Waals surface area contributed by atoms with Gasteiger partial charge < -0.3 is 15.4 Å².